The maximum absolute atomic E-state index is 10.6. The first-order valence-electron chi connectivity index (χ1n) is 6.63. The van der Waals surface area contributed by atoms with E-state index in [1.54, 1.807) is 12.1 Å². The number of benzene rings is 1. The van der Waals surface area contributed by atoms with E-state index in [0.717, 1.165) is 25.5 Å². The minimum absolute atomic E-state index is 0.0504. The summed E-state index contributed by atoms with van der Waals surface area (Å²) >= 11 is 6.22. The van der Waals surface area contributed by atoms with Crippen LogP contribution in [-0.2, 0) is 9.53 Å². The summed E-state index contributed by atoms with van der Waals surface area (Å²) in [7, 11) is 1.51. The summed E-state index contributed by atoms with van der Waals surface area (Å²) in [6.45, 7) is 1.28. The van der Waals surface area contributed by atoms with E-state index in [1.165, 1.54) is 13.2 Å². The summed E-state index contributed by atoms with van der Waals surface area (Å²) in [5.41, 5.74) is 0.631. The fourth-order valence-corrected chi connectivity index (χ4v) is 2.35. The van der Waals surface area contributed by atoms with Gasteiger partial charge in [0.15, 0.2) is 11.5 Å². The number of halogens is 1. The summed E-state index contributed by atoms with van der Waals surface area (Å²) in [6.07, 6.45) is 4.29. The van der Waals surface area contributed by atoms with Crippen LogP contribution in [0.3, 0.4) is 0 Å². The van der Waals surface area contributed by atoms with E-state index in [1.807, 2.05) is 0 Å². The summed E-state index contributed by atoms with van der Waals surface area (Å²) in [5, 5.41) is 9.03. The van der Waals surface area contributed by atoms with Crippen molar-refractivity contribution in [3.63, 3.8) is 0 Å². The molecule has 0 radical (unpaired) electrons. The molecule has 0 spiro atoms. The third-order valence-corrected chi connectivity index (χ3v) is 3.35. The number of hydrogen-bond acceptors (Lipinski definition) is 4. The predicted octanol–water partition coefficient (Wildman–Crippen LogP) is 3.00. The fourth-order valence-electron chi connectivity index (χ4n) is 2.09. The molecule has 1 aromatic carbocycles. The zero-order valence-corrected chi connectivity index (χ0v) is 12.4. The molecule has 0 aromatic heterocycles. The molecule has 1 N–H and O–H groups in total. The van der Waals surface area contributed by atoms with Crippen LogP contribution in [0.15, 0.2) is 18.2 Å². The van der Waals surface area contributed by atoms with E-state index in [0.29, 0.717) is 28.7 Å². The maximum Gasteiger partial charge on any atom is 0.328 e. The van der Waals surface area contributed by atoms with Gasteiger partial charge in [-0.15, -0.1) is 0 Å². The molecule has 0 saturated carbocycles. The number of hydrogen-bond donors (Lipinski definition) is 1. The zero-order chi connectivity index (χ0) is 15.2. The molecule has 1 fully saturated rings. The SMILES string of the molecule is COc1cc(/C=C/C(=O)O)cc(Cl)c1OC1CCCOC1. The molecule has 0 aliphatic carbocycles. The second-order valence-corrected chi connectivity index (χ2v) is 5.07. The van der Waals surface area contributed by atoms with Gasteiger partial charge < -0.3 is 19.3 Å². The van der Waals surface area contributed by atoms with Gasteiger partial charge in [-0.2, -0.15) is 0 Å². The van der Waals surface area contributed by atoms with Gasteiger partial charge in [0.1, 0.15) is 6.10 Å². The van der Waals surface area contributed by atoms with Crippen LogP contribution in [0.2, 0.25) is 5.02 Å². The third-order valence-electron chi connectivity index (χ3n) is 3.07. The minimum Gasteiger partial charge on any atom is -0.493 e. The zero-order valence-electron chi connectivity index (χ0n) is 11.7. The van der Waals surface area contributed by atoms with Crippen molar-refractivity contribution in [3.05, 3.63) is 28.8 Å². The van der Waals surface area contributed by atoms with Crippen molar-refractivity contribution in [2.45, 2.75) is 18.9 Å². The molecule has 2 rings (SSSR count). The fraction of sp³-hybridized carbons (Fsp3) is 0.400. The molecule has 0 bridgehead atoms. The first-order valence-corrected chi connectivity index (χ1v) is 7.01. The predicted molar refractivity (Wildman–Crippen MR) is 79.1 cm³/mol. The minimum atomic E-state index is -1.02. The highest BCUT2D eigenvalue weighted by molar-refractivity contribution is 6.32. The average molecular weight is 313 g/mol. The van der Waals surface area contributed by atoms with Crippen LogP contribution < -0.4 is 9.47 Å². The molecule has 1 atom stereocenters. The number of carbonyl (C=O) groups is 1. The molecule has 1 aliphatic heterocycles. The Morgan fingerprint density at radius 2 is 2.33 bits per heavy atom. The summed E-state index contributed by atoms with van der Waals surface area (Å²) < 4.78 is 16.5. The third kappa shape index (κ3) is 4.37. The summed E-state index contributed by atoms with van der Waals surface area (Å²) in [4.78, 5) is 10.6. The van der Waals surface area contributed by atoms with E-state index in [4.69, 9.17) is 30.9 Å². The summed E-state index contributed by atoms with van der Waals surface area (Å²) in [5.74, 6) is -0.0926. The van der Waals surface area contributed by atoms with Gasteiger partial charge in [0.2, 0.25) is 0 Å². The lowest BCUT2D eigenvalue weighted by Gasteiger charge is -2.24. The van der Waals surface area contributed by atoms with Gasteiger partial charge in [-0.1, -0.05) is 11.6 Å². The van der Waals surface area contributed by atoms with Gasteiger partial charge in [0, 0.05) is 12.7 Å². The molecule has 1 aromatic rings. The van der Waals surface area contributed by atoms with Crippen LogP contribution in [0.1, 0.15) is 18.4 Å². The van der Waals surface area contributed by atoms with Crippen molar-refractivity contribution in [1.82, 2.24) is 0 Å². The second-order valence-electron chi connectivity index (χ2n) is 4.66. The van der Waals surface area contributed by atoms with E-state index < -0.39 is 5.97 Å². The van der Waals surface area contributed by atoms with Crippen LogP contribution >= 0.6 is 11.6 Å². The molecular formula is C15H17ClO5. The van der Waals surface area contributed by atoms with Crippen LogP contribution in [0.5, 0.6) is 11.5 Å². The molecule has 1 heterocycles. The van der Waals surface area contributed by atoms with Crippen LogP contribution in [-0.4, -0.2) is 37.5 Å². The Labute approximate surface area is 128 Å². The number of ether oxygens (including phenoxy) is 3. The van der Waals surface area contributed by atoms with E-state index in [-0.39, 0.29) is 6.10 Å². The van der Waals surface area contributed by atoms with Crippen LogP contribution in [0, 0.1) is 0 Å². The standard InChI is InChI=1S/C15H17ClO5/c1-19-13-8-10(4-5-14(17)18)7-12(16)15(13)21-11-3-2-6-20-9-11/h4-5,7-8,11H,2-3,6,9H2,1H3,(H,17,18)/b5-4+. The van der Waals surface area contributed by atoms with Crippen molar-refractivity contribution in [1.29, 1.82) is 0 Å². The number of aliphatic carboxylic acids is 1. The van der Waals surface area contributed by atoms with Crippen molar-refractivity contribution >= 4 is 23.6 Å². The molecule has 1 aliphatic rings. The molecule has 6 heteroatoms. The van der Waals surface area contributed by atoms with Crippen molar-refractivity contribution in [2.24, 2.45) is 0 Å². The topological polar surface area (TPSA) is 65.0 Å². The second kappa shape index (κ2) is 7.33. The molecule has 114 valence electrons. The smallest absolute Gasteiger partial charge is 0.328 e. The highest BCUT2D eigenvalue weighted by Crippen LogP contribution is 2.38. The van der Waals surface area contributed by atoms with Gasteiger partial charge in [0.05, 0.1) is 18.7 Å². The van der Waals surface area contributed by atoms with Gasteiger partial charge in [-0.3, -0.25) is 0 Å². The van der Waals surface area contributed by atoms with E-state index in [9.17, 15) is 4.79 Å². The first kappa shape index (κ1) is 15.7. The van der Waals surface area contributed by atoms with Gasteiger partial charge >= 0.3 is 5.97 Å². The molecule has 5 nitrogen and oxygen atoms in total. The molecular weight excluding hydrogens is 296 g/mol. The highest BCUT2D eigenvalue weighted by Gasteiger charge is 2.20. The molecule has 21 heavy (non-hydrogen) atoms. The Morgan fingerprint density at radius 1 is 1.52 bits per heavy atom. The molecule has 0 amide bonds. The van der Waals surface area contributed by atoms with E-state index >= 15 is 0 Å². The largest absolute Gasteiger partial charge is 0.493 e. The number of rotatable bonds is 5. The van der Waals surface area contributed by atoms with Crippen molar-refractivity contribution in [2.75, 3.05) is 20.3 Å². The highest BCUT2D eigenvalue weighted by atomic mass is 35.5. The quantitative estimate of drug-likeness (QED) is 0.847. The summed E-state index contributed by atoms with van der Waals surface area (Å²) in [6, 6.07) is 3.33. The Balaban J connectivity index is 2.22. The lowest BCUT2D eigenvalue weighted by Crippen LogP contribution is -2.28. The lowest BCUT2D eigenvalue weighted by molar-refractivity contribution is -0.131. The monoisotopic (exact) mass is 312 g/mol. The molecule has 1 saturated heterocycles. The first-order chi connectivity index (χ1) is 10.1. The average Bonchev–Trinajstić information content (AvgIpc) is 2.48. The lowest BCUT2D eigenvalue weighted by atomic mass is 10.1. The van der Waals surface area contributed by atoms with Gasteiger partial charge in [0.25, 0.3) is 0 Å². The Bertz CT molecular complexity index is 535. The number of methoxy groups -OCH3 is 1. The molecule has 1 unspecified atom stereocenters. The van der Waals surface area contributed by atoms with Crippen molar-refractivity contribution < 1.29 is 24.1 Å². The van der Waals surface area contributed by atoms with Crippen LogP contribution in [0.4, 0.5) is 0 Å². The Hall–Kier alpha value is -1.72. The normalized spacial score (nSPS) is 18.7. The van der Waals surface area contributed by atoms with Gasteiger partial charge in [-0.05, 0) is 36.6 Å². The Morgan fingerprint density at radius 3 is 2.95 bits per heavy atom. The number of carboxylic acids is 1. The maximum atomic E-state index is 10.6. The van der Waals surface area contributed by atoms with Crippen LogP contribution in [0.25, 0.3) is 6.08 Å². The number of carboxylic acid groups (broad SMARTS) is 1. The Kier molecular flexibility index (Phi) is 5.47. The van der Waals surface area contributed by atoms with E-state index in [2.05, 4.69) is 0 Å². The van der Waals surface area contributed by atoms with Crippen molar-refractivity contribution in [3.8, 4) is 11.5 Å². The van der Waals surface area contributed by atoms with Gasteiger partial charge in [-0.25, -0.2) is 4.79 Å².